The van der Waals surface area contributed by atoms with Gasteiger partial charge in [-0.1, -0.05) is 6.07 Å². The summed E-state index contributed by atoms with van der Waals surface area (Å²) in [5.74, 6) is -0.600. The fourth-order valence-corrected chi connectivity index (χ4v) is 3.48. The fraction of sp³-hybridized carbons (Fsp3) is 0.333. The maximum absolute atomic E-state index is 12.8. The van der Waals surface area contributed by atoms with Crippen molar-refractivity contribution in [1.82, 2.24) is 5.32 Å². The second-order valence-electron chi connectivity index (χ2n) is 7.44. The molecular formula is C21H22N4O4. The predicted molar refractivity (Wildman–Crippen MR) is 109 cm³/mol. The summed E-state index contributed by atoms with van der Waals surface area (Å²) in [6.07, 6.45) is 4.17. The molecule has 0 aromatic heterocycles. The van der Waals surface area contributed by atoms with Gasteiger partial charge >= 0.3 is 0 Å². The molecule has 0 radical (unpaired) electrons. The predicted octanol–water partition coefficient (Wildman–Crippen LogP) is 3.34. The Morgan fingerprint density at radius 3 is 2.48 bits per heavy atom. The largest absolute Gasteiger partial charge is 0.371 e. The smallest absolute Gasteiger partial charge is 0.270 e. The third-order valence-electron chi connectivity index (χ3n) is 5.18. The topological polar surface area (TPSA) is 105 Å². The van der Waals surface area contributed by atoms with Crippen LogP contribution in [0.4, 0.5) is 17.1 Å². The van der Waals surface area contributed by atoms with Crippen molar-refractivity contribution in [1.29, 1.82) is 0 Å². The Bertz CT molecular complexity index is 965. The van der Waals surface area contributed by atoms with E-state index in [1.54, 1.807) is 12.1 Å². The highest BCUT2D eigenvalue weighted by atomic mass is 16.6. The minimum atomic E-state index is -0.540. The number of hydrogen-bond donors (Lipinski definition) is 2. The van der Waals surface area contributed by atoms with E-state index in [-0.39, 0.29) is 23.2 Å². The van der Waals surface area contributed by atoms with Crippen LogP contribution in [-0.2, 0) is 0 Å². The van der Waals surface area contributed by atoms with Gasteiger partial charge in [0.25, 0.3) is 17.5 Å². The van der Waals surface area contributed by atoms with Gasteiger partial charge in [-0.15, -0.1) is 0 Å². The van der Waals surface area contributed by atoms with Crippen molar-refractivity contribution in [2.75, 3.05) is 23.3 Å². The van der Waals surface area contributed by atoms with E-state index in [9.17, 15) is 19.7 Å². The van der Waals surface area contributed by atoms with Crippen LogP contribution >= 0.6 is 0 Å². The summed E-state index contributed by atoms with van der Waals surface area (Å²) in [4.78, 5) is 37.9. The number of non-ortho nitro benzene ring substituents is 1. The molecule has 8 heteroatoms. The van der Waals surface area contributed by atoms with Gasteiger partial charge in [0.15, 0.2) is 0 Å². The van der Waals surface area contributed by atoms with Gasteiger partial charge in [0, 0.05) is 48.2 Å². The first kappa shape index (κ1) is 18.9. The molecule has 2 N–H and O–H groups in total. The summed E-state index contributed by atoms with van der Waals surface area (Å²) in [5, 5.41) is 16.7. The van der Waals surface area contributed by atoms with Crippen LogP contribution in [0.15, 0.2) is 42.5 Å². The second kappa shape index (κ2) is 7.90. The van der Waals surface area contributed by atoms with E-state index in [1.165, 1.54) is 24.3 Å². The Hall–Kier alpha value is -3.42. The molecule has 1 heterocycles. The lowest BCUT2D eigenvalue weighted by Crippen LogP contribution is -2.29. The van der Waals surface area contributed by atoms with Gasteiger partial charge in [-0.05, 0) is 49.9 Å². The molecule has 1 saturated carbocycles. The Labute approximate surface area is 168 Å². The van der Waals surface area contributed by atoms with E-state index in [1.807, 2.05) is 6.07 Å². The monoisotopic (exact) mass is 394 g/mol. The molecule has 2 amide bonds. The van der Waals surface area contributed by atoms with Gasteiger partial charge in [-0.2, -0.15) is 0 Å². The zero-order valence-electron chi connectivity index (χ0n) is 15.9. The molecule has 29 heavy (non-hydrogen) atoms. The van der Waals surface area contributed by atoms with Crippen LogP contribution in [0.2, 0.25) is 0 Å². The van der Waals surface area contributed by atoms with E-state index in [0.29, 0.717) is 11.3 Å². The van der Waals surface area contributed by atoms with Crippen LogP contribution in [-0.4, -0.2) is 35.9 Å². The van der Waals surface area contributed by atoms with Crippen LogP contribution < -0.4 is 15.5 Å². The van der Waals surface area contributed by atoms with Gasteiger partial charge < -0.3 is 15.5 Å². The van der Waals surface area contributed by atoms with Gasteiger partial charge in [0.2, 0.25) is 0 Å². The first-order chi connectivity index (χ1) is 14.0. The number of carbonyl (C=O) groups excluding carboxylic acids is 2. The van der Waals surface area contributed by atoms with Crippen LogP contribution in [0, 0.1) is 10.1 Å². The van der Waals surface area contributed by atoms with Crippen LogP contribution in [0.25, 0.3) is 0 Å². The molecule has 0 bridgehead atoms. The lowest BCUT2D eigenvalue weighted by molar-refractivity contribution is -0.384. The van der Waals surface area contributed by atoms with Crippen molar-refractivity contribution in [3.8, 4) is 0 Å². The zero-order chi connectivity index (χ0) is 20.4. The maximum atomic E-state index is 12.8. The van der Waals surface area contributed by atoms with Crippen LogP contribution in [0.1, 0.15) is 46.4 Å². The fourth-order valence-electron chi connectivity index (χ4n) is 3.48. The van der Waals surface area contributed by atoms with Gasteiger partial charge in [-0.25, -0.2) is 0 Å². The van der Waals surface area contributed by atoms with Crippen LogP contribution in [0.3, 0.4) is 0 Å². The number of hydrogen-bond acceptors (Lipinski definition) is 5. The molecule has 2 aromatic carbocycles. The highest BCUT2D eigenvalue weighted by Gasteiger charge is 2.27. The molecule has 1 saturated heterocycles. The number of carbonyl (C=O) groups is 2. The van der Waals surface area contributed by atoms with E-state index >= 15 is 0 Å². The third kappa shape index (κ3) is 4.37. The normalized spacial score (nSPS) is 15.8. The van der Waals surface area contributed by atoms with E-state index in [2.05, 4.69) is 15.5 Å². The third-order valence-corrected chi connectivity index (χ3v) is 5.18. The molecule has 1 aliphatic carbocycles. The van der Waals surface area contributed by atoms with Gasteiger partial charge in [-0.3, -0.25) is 19.7 Å². The Balaban J connectivity index is 1.58. The molecule has 2 aliphatic rings. The van der Waals surface area contributed by atoms with Crippen molar-refractivity contribution in [3.63, 3.8) is 0 Å². The van der Waals surface area contributed by atoms with Crippen molar-refractivity contribution in [2.45, 2.75) is 31.7 Å². The average Bonchev–Trinajstić information content (AvgIpc) is 3.36. The summed E-state index contributed by atoms with van der Waals surface area (Å²) in [6, 6.07) is 11.1. The van der Waals surface area contributed by atoms with Gasteiger partial charge in [0.05, 0.1) is 10.5 Å². The SMILES string of the molecule is O=C(Nc1ccc(N2CCCC2)c(C(=O)NC2CC2)c1)c1cccc([N+](=O)[O-])c1. The van der Waals surface area contributed by atoms with E-state index < -0.39 is 10.8 Å². The minimum Gasteiger partial charge on any atom is -0.371 e. The molecular weight excluding hydrogens is 372 g/mol. The van der Waals surface area contributed by atoms with Crippen molar-refractivity contribution in [3.05, 3.63) is 63.7 Å². The summed E-state index contributed by atoms with van der Waals surface area (Å²) >= 11 is 0. The van der Waals surface area contributed by atoms with Gasteiger partial charge in [0.1, 0.15) is 0 Å². The number of benzene rings is 2. The van der Waals surface area contributed by atoms with Crippen molar-refractivity contribution in [2.24, 2.45) is 0 Å². The average molecular weight is 394 g/mol. The van der Waals surface area contributed by atoms with Crippen molar-refractivity contribution >= 4 is 28.9 Å². The lowest BCUT2D eigenvalue weighted by atomic mass is 10.1. The minimum absolute atomic E-state index is 0.138. The lowest BCUT2D eigenvalue weighted by Gasteiger charge is -2.22. The van der Waals surface area contributed by atoms with E-state index in [4.69, 9.17) is 0 Å². The standard InChI is InChI=1S/C21H22N4O4/c26-20(14-4-3-5-17(12-14)25(28)29)23-16-8-9-19(24-10-1-2-11-24)18(13-16)21(27)22-15-6-7-15/h3-5,8-9,12-13,15H,1-2,6-7,10-11H2,(H,22,27)(H,23,26). The molecule has 0 atom stereocenters. The molecule has 0 spiro atoms. The number of anilines is 2. The molecule has 8 nitrogen and oxygen atoms in total. The zero-order valence-corrected chi connectivity index (χ0v) is 15.9. The highest BCUT2D eigenvalue weighted by molar-refractivity contribution is 6.06. The summed E-state index contributed by atoms with van der Waals surface area (Å²) in [7, 11) is 0. The first-order valence-electron chi connectivity index (χ1n) is 9.77. The number of nitro groups is 1. The number of nitro benzene ring substituents is 1. The van der Waals surface area contributed by atoms with Crippen molar-refractivity contribution < 1.29 is 14.5 Å². The summed E-state index contributed by atoms with van der Waals surface area (Å²) < 4.78 is 0. The molecule has 2 aromatic rings. The number of rotatable bonds is 6. The summed E-state index contributed by atoms with van der Waals surface area (Å²) in [6.45, 7) is 1.81. The van der Waals surface area contributed by atoms with Crippen LogP contribution in [0.5, 0.6) is 0 Å². The molecule has 2 fully saturated rings. The quantitative estimate of drug-likeness (QED) is 0.578. The molecule has 4 rings (SSSR count). The summed E-state index contributed by atoms with van der Waals surface area (Å²) in [5.41, 5.74) is 1.92. The Kier molecular flexibility index (Phi) is 5.16. The maximum Gasteiger partial charge on any atom is 0.270 e. The molecule has 1 aliphatic heterocycles. The Morgan fingerprint density at radius 1 is 1.03 bits per heavy atom. The number of amides is 2. The number of nitrogens with one attached hydrogen (secondary N) is 2. The van der Waals surface area contributed by atoms with E-state index in [0.717, 1.165) is 44.5 Å². The Morgan fingerprint density at radius 2 is 1.79 bits per heavy atom. The molecule has 0 unspecified atom stereocenters. The molecule has 150 valence electrons. The second-order valence-corrected chi connectivity index (χ2v) is 7.44. The number of nitrogens with zero attached hydrogens (tertiary/aromatic N) is 2. The highest BCUT2D eigenvalue weighted by Crippen LogP contribution is 2.29. The first-order valence-corrected chi connectivity index (χ1v) is 9.77.